The van der Waals surface area contributed by atoms with E-state index >= 15 is 0 Å². The van der Waals surface area contributed by atoms with Gasteiger partial charge < -0.3 is 26.2 Å². The van der Waals surface area contributed by atoms with Gasteiger partial charge in [-0.25, -0.2) is 9.37 Å². The van der Waals surface area contributed by atoms with Crippen LogP contribution in [0.1, 0.15) is 58.5 Å². The molecule has 2 heterocycles. The highest BCUT2D eigenvalue weighted by Gasteiger charge is 2.29. The van der Waals surface area contributed by atoms with Gasteiger partial charge in [0.1, 0.15) is 22.6 Å². The predicted octanol–water partition coefficient (Wildman–Crippen LogP) is 2.77. The lowest BCUT2D eigenvalue weighted by molar-refractivity contribution is -0.118. The van der Waals surface area contributed by atoms with Crippen LogP contribution < -0.4 is 21.7 Å². The van der Waals surface area contributed by atoms with E-state index in [-0.39, 0.29) is 33.3 Å². The van der Waals surface area contributed by atoms with Crippen LogP contribution in [0, 0.1) is 5.82 Å². The van der Waals surface area contributed by atoms with Crippen LogP contribution in [-0.2, 0) is 4.79 Å². The van der Waals surface area contributed by atoms with E-state index < -0.39 is 29.5 Å². The number of nitrogens with one attached hydrogen (secondary N) is 1. The van der Waals surface area contributed by atoms with Gasteiger partial charge in [0.15, 0.2) is 10.8 Å². The van der Waals surface area contributed by atoms with Gasteiger partial charge in [0, 0.05) is 17.8 Å². The quantitative estimate of drug-likeness (QED) is 0.410. The molecule has 10 nitrogen and oxygen atoms in total. The van der Waals surface area contributed by atoms with Crippen LogP contribution in [0.4, 0.5) is 21.0 Å². The topological polar surface area (TPSA) is 157 Å². The van der Waals surface area contributed by atoms with Crippen LogP contribution in [0.2, 0.25) is 0 Å². The first kappa shape index (κ1) is 23.4. The van der Waals surface area contributed by atoms with E-state index in [0.29, 0.717) is 5.69 Å². The summed E-state index contributed by atoms with van der Waals surface area (Å²) in [6.45, 7) is 1.55. The second-order valence-corrected chi connectivity index (χ2v) is 8.97. The lowest BCUT2D eigenvalue weighted by Crippen LogP contribution is -2.39. The van der Waals surface area contributed by atoms with Crippen molar-refractivity contribution < 1.29 is 23.3 Å². The molecule has 1 aliphatic rings. The largest absolute Gasteiger partial charge is 0.382 e. The molecule has 1 aliphatic carbocycles. The van der Waals surface area contributed by atoms with Crippen molar-refractivity contribution in [1.29, 1.82) is 0 Å². The average Bonchev–Trinajstić information content (AvgIpc) is 3.56. The Morgan fingerprint density at radius 2 is 1.91 bits per heavy atom. The molecule has 178 valence electrons. The molecule has 34 heavy (non-hydrogen) atoms. The summed E-state index contributed by atoms with van der Waals surface area (Å²) < 4.78 is 18.5. The third-order valence-corrected chi connectivity index (χ3v) is 6.68. The number of primary amides is 1. The number of hydrogen-bond donors (Lipinski definition) is 3. The molecule has 1 atom stereocenters. The van der Waals surface area contributed by atoms with E-state index in [1.165, 1.54) is 35.2 Å². The molecule has 2 amide bonds. The van der Waals surface area contributed by atoms with Crippen molar-refractivity contribution >= 4 is 45.6 Å². The molecule has 1 aromatic carbocycles. The van der Waals surface area contributed by atoms with Gasteiger partial charge in [-0.3, -0.25) is 14.4 Å². The van der Waals surface area contributed by atoms with Crippen LogP contribution >= 0.6 is 11.3 Å². The number of anilines is 3. The molecule has 3 aromatic rings. The van der Waals surface area contributed by atoms with Crippen molar-refractivity contribution in [2.75, 3.05) is 10.6 Å². The lowest BCUT2D eigenvalue weighted by Gasteiger charge is -2.26. The Kier molecular flexibility index (Phi) is 6.59. The summed E-state index contributed by atoms with van der Waals surface area (Å²) in [5.41, 5.74) is 11.9. The van der Waals surface area contributed by atoms with E-state index in [0.717, 1.165) is 37.0 Å². The Hall–Kier alpha value is -3.80. The third-order valence-electron chi connectivity index (χ3n) is 5.62. The molecule has 0 unspecified atom stereocenters. The SMILES string of the molecule is C[C@H](C(N)=O)N(c1ccc(F)cc1)c1nc(N)c(C(=O)c2cc(C(=O)NC3CCCC3)no2)s1. The van der Waals surface area contributed by atoms with E-state index in [2.05, 4.69) is 15.5 Å². The Labute approximate surface area is 198 Å². The average molecular weight is 487 g/mol. The van der Waals surface area contributed by atoms with Crippen molar-refractivity contribution in [2.45, 2.75) is 44.7 Å². The van der Waals surface area contributed by atoms with Gasteiger partial charge in [0.2, 0.25) is 17.5 Å². The van der Waals surface area contributed by atoms with Gasteiger partial charge in [-0.1, -0.05) is 29.3 Å². The second-order valence-electron chi connectivity index (χ2n) is 8.00. The summed E-state index contributed by atoms with van der Waals surface area (Å²) in [5.74, 6) is -2.40. The van der Waals surface area contributed by atoms with E-state index in [9.17, 15) is 18.8 Å². The fourth-order valence-corrected chi connectivity index (χ4v) is 4.78. The van der Waals surface area contributed by atoms with Crippen molar-refractivity contribution in [1.82, 2.24) is 15.5 Å². The van der Waals surface area contributed by atoms with E-state index in [4.69, 9.17) is 16.0 Å². The van der Waals surface area contributed by atoms with Gasteiger partial charge in [-0.05, 0) is 44.0 Å². The molecule has 1 fully saturated rings. The van der Waals surface area contributed by atoms with Crippen LogP contribution in [0.5, 0.6) is 0 Å². The summed E-state index contributed by atoms with van der Waals surface area (Å²) in [6.07, 6.45) is 3.93. The van der Waals surface area contributed by atoms with Gasteiger partial charge >= 0.3 is 0 Å². The highest BCUT2D eigenvalue weighted by molar-refractivity contribution is 7.18. The number of aromatic nitrogens is 2. The Bertz CT molecular complexity index is 1220. The standard InChI is InChI=1S/C22H23FN6O4S/c1-11(20(25)31)29(14-8-6-12(23)7-9-14)22-27-19(24)18(34-22)17(30)16-10-15(28-33-16)21(32)26-13-4-2-3-5-13/h6-11,13H,2-5,24H2,1H3,(H2,25,31)(H,26,32)/t11-/m1/s1. The number of amides is 2. The van der Waals surface area contributed by atoms with Crippen molar-refractivity contribution in [3.05, 3.63) is 52.5 Å². The fourth-order valence-electron chi connectivity index (χ4n) is 3.75. The smallest absolute Gasteiger partial charge is 0.273 e. The number of nitrogens with two attached hydrogens (primary N) is 2. The number of carbonyl (C=O) groups excluding carboxylic acids is 3. The van der Waals surface area contributed by atoms with Crippen LogP contribution in [-0.4, -0.2) is 39.8 Å². The van der Waals surface area contributed by atoms with Crippen molar-refractivity contribution in [3.8, 4) is 0 Å². The first-order chi connectivity index (χ1) is 16.2. The normalized spacial score (nSPS) is 14.6. The molecule has 1 saturated carbocycles. The minimum Gasteiger partial charge on any atom is -0.382 e. The Morgan fingerprint density at radius 1 is 1.24 bits per heavy atom. The van der Waals surface area contributed by atoms with E-state index in [1.54, 1.807) is 6.92 Å². The zero-order chi connectivity index (χ0) is 24.4. The molecular weight excluding hydrogens is 463 g/mol. The zero-order valence-corrected chi connectivity index (χ0v) is 19.1. The van der Waals surface area contributed by atoms with Crippen LogP contribution in [0.3, 0.4) is 0 Å². The molecular formula is C22H23FN6O4S. The maximum Gasteiger partial charge on any atom is 0.273 e. The maximum atomic E-state index is 13.4. The molecule has 0 saturated heterocycles. The summed E-state index contributed by atoms with van der Waals surface area (Å²) in [4.78, 5) is 43.1. The minimum absolute atomic E-state index is 0.00569. The van der Waals surface area contributed by atoms with Gasteiger partial charge in [0.25, 0.3) is 5.91 Å². The molecule has 5 N–H and O–H groups in total. The molecule has 0 spiro atoms. The molecule has 12 heteroatoms. The number of thiazole rings is 1. The molecule has 0 radical (unpaired) electrons. The third kappa shape index (κ3) is 4.76. The van der Waals surface area contributed by atoms with Crippen molar-refractivity contribution in [3.63, 3.8) is 0 Å². The fraction of sp³-hybridized carbons (Fsp3) is 0.318. The predicted molar refractivity (Wildman–Crippen MR) is 123 cm³/mol. The number of halogens is 1. The highest BCUT2D eigenvalue weighted by atomic mass is 32.1. The number of hydrogen-bond acceptors (Lipinski definition) is 9. The second kappa shape index (κ2) is 9.59. The first-order valence-electron chi connectivity index (χ1n) is 10.7. The van der Waals surface area contributed by atoms with Gasteiger partial charge in [-0.15, -0.1) is 0 Å². The first-order valence-corrected chi connectivity index (χ1v) is 11.5. The van der Waals surface area contributed by atoms with Gasteiger partial charge in [0.05, 0.1) is 0 Å². The van der Waals surface area contributed by atoms with Gasteiger partial charge in [-0.2, -0.15) is 0 Å². The minimum atomic E-state index is -0.866. The number of nitrogen functional groups attached to an aromatic ring is 1. The number of benzene rings is 1. The molecule has 4 rings (SSSR count). The lowest BCUT2D eigenvalue weighted by atomic mass is 10.2. The summed E-state index contributed by atoms with van der Waals surface area (Å²) in [5, 5.41) is 6.80. The Morgan fingerprint density at radius 3 is 2.56 bits per heavy atom. The number of nitrogens with zero attached hydrogens (tertiary/aromatic N) is 3. The summed E-state index contributed by atoms with van der Waals surface area (Å²) >= 11 is 0.910. The highest BCUT2D eigenvalue weighted by Crippen LogP contribution is 2.36. The number of rotatable bonds is 8. The summed E-state index contributed by atoms with van der Waals surface area (Å²) in [7, 11) is 0. The van der Waals surface area contributed by atoms with Crippen LogP contribution in [0.15, 0.2) is 34.9 Å². The monoisotopic (exact) mass is 486 g/mol. The zero-order valence-electron chi connectivity index (χ0n) is 18.3. The summed E-state index contributed by atoms with van der Waals surface area (Å²) in [6, 6.07) is 5.86. The Balaban J connectivity index is 1.59. The number of ketones is 1. The maximum absolute atomic E-state index is 13.4. The molecule has 0 aliphatic heterocycles. The number of carbonyl (C=O) groups is 3. The van der Waals surface area contributed by atoms with E-state index in [1.807, 2.05) is 0 Å². The van der Waals surface area contributed by atoms with Crippen molar-refractivity contribution in [2.24, 2.45) is 5.73 Å². The van der Waals surface area contributed by atoms with Crippen LogP contribution in [0.25, 0.3) is 0 Å². The molecule has 0 bridgehead atoms. The molecule has 2 aromatic heterocycles.